The number of aliphatic hydroxyl groups is 1. The lowest BCUT2D eigenvalue weighted by Gasteiger charge is -2.17. The fourth-order valence-electron chi connectivity index (χ4n) is 2.27. The summed E-state index contributed by atoms with van der Waals surface area (Å²) in [4.78, 5) is 2.34. The van der Waals surface area contributed by atoms with Crippen LogP contribution in [0.1, 0.15) is 16.7 Å². The lowest BCUT2D eigenvalue weighted by atomic mass is 10.0. The van der Waals surface area contributed by atoms with Crippen LogP contribution in [-0.2, 0) is 12.8 Å². The van der Waals surface area contributed by atoms with E-state index in [0.717, 1.165) is 32.5 Å². The molecule has 2 heteroatoms. The van der Waals surface area contributed by atoms with E-state index in [1.807, 2.05) is 0 Å². The Morgan fingerprint density at radius 3 is 2.67 bits per heavy atom. The molecule has 1 N–H and O–H groups in total. The maximum Gasteiger partial charge on any atom is 0.0558 e. The van der Waals surface area contributed by atoms with Gasteiger partial charge < -0.3 is 10.0 Å². The van der Waals surface area contributed by atoms with E-state index in [1.54, 1.807) is 0 Å². The molecule has 0 radical (unpaired) electrons. The molecular weight excluding hydrogens is 186 g/mol. The number of rotatable bonds is 2. The van der Waals surface area contributed by atoms with Crippen molar-refractivity contribution >= 4 is 0 Å². The smallest absolute Gasteiger partial charge is 0.0558 e. The van der Waals surface area contributed by atoms with Crippen LogP contribution in [-0.4, -0.2) is 36.2 Å². The van der Waals surface area contributed by atoms with Crippen molar-refractivity contribution in [3.05, 3.63) is 34.9 Å². The van der Waals surface area contributed by atoms with E-state index in [-0.39, 0.29) is 6.61 Å². The molecule has 0 atom stereocenters. The highest BCUT2D eigenvalue weighted by atomic mass is 16.3. The third-order valence-electron chi connectivity index (χ3n) is 3.17. The lowest BCUT2D eigenvalue weighted by Crippen LogP contribution is -2.29. The molecule has 0 fully saturated rings. The summed E-state index contributed by atoms with van der Waals surface area (Å²) in [6.45, 7) is 5.40. The molecule has 1 aliphatic heterocycles. The molecule has 1 heterocycles. The van der Waals surface area contributed by atoms with Crippen LogP contribution in [0, 0.1) is 6.92 Å². The van der Waals surface area contributed by atoms with E-state index < -0.39 is 0 Å². The van der Waals surface area contributed by atoms with E-state index in [4.69, 9.17) is 5.11 Å². The van der Waals surface area contributed by atoms with Gasteiger partial charge in [0.1, 0.15) is 0 Å². The third kappa shape index (κ3) is 2.58. The van der Waals surface area contributed by atoms with Gasteiger partial charge in [0.15, 0.2) is 0 Å². The quantitative estimate of drug-likeness (QED) is 0.788. The zero-order chi connectivity index (χ0) is 10.7. The Labute approximate surface area is 91.5 Å². The fourth-order valence-corrected chi connectivity index (χ4v) is 2.27. The van der Waals surface area contributed by atoms with Crippen molar-refractivity contribution in [2.24, 2.45) is 0 Å². The Morgan fingerprint density at radius 1 is 1.20 bits per heavy atom. The minimum absolute atomic E-state index is 0.273. The summed E-state index contributed by atoms with van der Waals surface area (Å²) in [5.41, 5.74) is 4.33. The zero-order valence-corrected chi connectivity index (χ0v) is 9.37. The number of nitrogens with zero attached hydrogens (tertiary/aromatic N) is 1. The average molecular weight is 205 g/mol. The molecule has 0 spiro atoms. The van der Waals surface area contributed by atoms with Gasteiger partial charge in [-0.3, -0.25) is 0 Å². The van der Waals surface area contributed by atoms with Gasteiger partial charge in [0, 0.05) is 19.6 Å². The van der Waals surface area contributed by atoms with Crippen molar-refractivity contribution in [2.75, 3.05) is 26.2 Å². The van der Waals surface area contributed by atoms with Crippen LogP contribution < -0.4 is 0 Å². The van der Waals surface area contributed by atoms with Crippen molar-refractivity contribution in [3.8, 4) is 0 Å². The van der Waals surface area contributed by atoms with E-state index >= 15 is 0 Å². The predicted molar refractivity (Wildman–Crippen MR) is 62.1 cm³/mol. The van der Waals surface area contributed by atoms with Crippen LogP contribution in [0.2, 0.25) is 0 Å². The summed E-state index contributed by atoms with van der Waals surface area (Å²) in [6.07, 6.45) is 2.24. The summed E-state index contributed by atoms with van der Waals surface area (Å²) >= 11 is 0. The Balaban J connectivity index is 2.11. The highest BCUT2D eigenvalue weighted by molar-refractivity contribution is 5.32. The van der Waals surface area contributed by atoms with Crippen LogP contribution in [0.5, 0.6) is 0 Å². The molecule has 15 heavy (non-hydrogen) atoms. The highest BCUT2D eigenvalue weighted by Gasteiger charge is 2.12. The van der Waals surface area contributed by atoms with E-state index in [0.29, 0.717) is 0 Å². The van der Waals surface area contributed by atoms with Crippen LogP contribution in [0.4, 0.5) is 0 Å². The second-order valence-electron chi connectivity index (χ2n) is 4.34. The number of fused-ring (bicyclic) bond motifs is 1. The number of hydrogen-bond acceptors (Lipinski definition) is 2. The van der Waals surface area contributed by atoms with Crippen LogP contribution in [0.25, 0.3) is 0 Å². The van der Waals surface area contributed by atoms with Crippen molar-refractivity contribution < 1.29 is 5.11 Å². The van der Waals surface area contributed by atoms with Gasteiger partial charge in [-0.2, -0.15) is 0 Å². The largest absolute Gasteiger partial charge is 0.395 e. The number of aliphatic hydroxyl groups excluding tert-OH is 1. The van der Waals surface area contributed by atoms with Gasteiger partial charge in [0.2, 0.25) is 0 Å². The molecule has 1 aromatic rings. The Kier molecular flexibility index (Phi) is 3.39. The number of β-amino-alcohol motifs (C(OH)–C–C–N with tert-alkyl or cyclic N) is 1. The van der Waals surface area contributed by atoms with Gasteiger partial charge in [-0.05, 0) is 30.9 Å². The summed E-state index contributed by atoms with van der Waals surface area (Å²) < 4.78 is 0. The van der Waals surface area contributed by atoms with E-state index in [9.17, 15) is 0 Å². The van der Waals surface area contributed by atoms with Gasteiger partial charge in [-0.15, -0.1) is 0 Å². The minimum atomic E-state index is 0.273. The normalized spacial score (nSPS) is 17.2. The number of aryl methyl sites for hydroxylation is 1. The van der Waals surface area contributed by atoms with Gasteiger partial charge in [-0.25, -0.2) is 0 Å². The molecular formula is C13H19NO. The van der Waals surface area contributed by atoms with Crippen LogP contribution in [0.15, 0.2) is 18.2 Å². The van der Waals surface area contributed by atoms with Gasteiger partial charge in [-0.1, -0.05) is 23.8 Å². The summed E-state index contributed by atoms with van der Waals surface area (Å²) in [7, 11) is 0. The average Bonchev–Trinajstić information content (AvgIpc) is 2.42. The fraction of sp³-hybridized carbons (Fsp3) is 0.538. The molecule has 0 bridgehead atoms. The zero-order valence-electron chi connectivity index (χ0n) is 9.37. The molecule has 0 unspecified atom stereocenters. The molecule has 0 aromatic heterocycles. The molecule has 0 amide bonds. The first kappa shape index (κ1) is 10.7. The molecule has 0 saturated carbocycles. The standard InChI is InChI=1S/C13H19NO/c1-11-2-3-12-4-6-14(8-9-15)7-5-13(12)10-11/h2-3,10,15H,4-9H2,1H3. The molecule has 0 saturated heterocycles. The monoisotopic (exact) mass is 205 g/mol. The topological polar surface area (TPSA) is 23.5 Å². The minimum Gasteiger partial charge on any atom is -0.395 e. The Morgan fingerprint density at radius 2 is 1.93 bits per heavy atom. The first-order chi connectivity index (χ1) is 7.29. The summed E-state index contributed by atoms with van der Waals surface area (Å²) in [5.74, 6) is 0. The Bertz CT molecular complexity index is 335. The van der Waals surface area contributed by atoms with Crippen molar-refractivity contribution in [2.45, 2.75) is 19.8 Å². The molecule has 1 aromatic carbocycles. The van der Waals surface area contributed by atoms with Crippen LogP contribution in [0.3, 0.4) is 0 Å². The molecule has 0 aliphatic carbocycles. The molecule has 1 aliphatic rings. The van der Waals surface area contributed by atoms with Crippen LogP contribution >= 0.6 is 0 Å². The number of benzene rings is 1. The van der Waals surface area contributed by atoms with Gasteiger partial charge >= 0.3 is 0 Å². The molecule has 2 rings (SSSR count). The van der Waals surface area contributed by atoms with Crippen molar-refractivity contribution in [3.63, 3.8) is 0 Å². The summed E-state index contributed by atoms with van der Waals surface area (Å²) in [5, 5.41) is 8.93. The second kappa shape index (κ2) is 4.77. The Hall–Kier alpha value is -0.860. The van der Waals surface area contributed by atoms with Gasteiger partial charge in [0.25, 0.3) is 0 Å². The second-order valence-corrected chi connectivity index (χ2v) is 4.34. The first-order valence-corrected chi connectivity index (χ1v) is 5.71. The van der Waals surface area contributed by atoms with E-state index in [1.165, 1.54) is 16.7 Å². The lowest BCUT2D eigenvalue weighted by molar-refractivity contribution is 0.201. The first-order valence-electron chi connectivity index (χ1n) is 5.71. The SMILES string of the molecule is Cc1ccc2c(c1)CCN(CCO)CC2. The van der Waals surface area contributed by atoms with Gasteiger partial charge in [0.05, 0.1) is 6.61 Å². The third-order valence-corrected chi connectivity index (χ3v) is 3.17. The van der Waals surface area contributed by atoms with E-state index in [2.05, 4.69) is 30.0 Å². The molecule has 82 valence electrons. The van der Waals surface area contributed by atoms with Crippen molar-refractivity contribution in [1.29, 1.82) is 0 Å². The summed E-state index contributed by atoms with van der Waals surface area (Å²) in [6, 6.07) is 6.76. The number of hydrogen-bond donors (Lipinski definition) is 1. The van der Waals surface area contributed by atoms with Crippen molar-refractivity contribution in [1.82, 2.24) is 4.90 Å². The maximum atomic E-state index is 8.93. The predicted octanol–water partition coefficient (Wildman–Crippen LogP) is 1.39. The highest BCUT2D eigenvalue weighted by Crippen LogP contribution is 2.17. The maximum absolute atomic E-state index is 8.93. The molecule has 2 nitrogen and oxygen atoms in total.